The van der Waals surface area contributed by atoms with Gasteiger partial charge in [0.1, 0.15) is 17.6 Å². The van der Waals surface area contributed by atoms with E-state index in [1.54, 1.807) is 24.3 Å². The molecule has 2 rings (SSSR count). The van der Waals surface area contributed by atoms with Crippen LogP contribution in [-0.2, 0) is 9.59 Å². The number of amides is 2. The number of benzene rings is 1. The van der Waals surface area contributed by atoms with Gasteiger partial charge in [-0.1, -0.05) is 12.1 Å². The molecule has 0 radical (unpaired) electrons. The normalized spacial score (nSPS) is 22.6. The number of nitriles is 2. The van der Waals surface area contributed by atoms with Gasteiger partial charge in [-0.05, 0) is 17.7 Å². The van der Waals surface area contributed by atoms with E-state index in [4.69, 9.17) is 15.3 Å². The molecule has 0 unspecified atom stereocenters. The molecule has 1 heterocycles. The highest BCUT2D eigenvalue weighted by Gasteiger charge is 2.45. The Hall–Kier alpha value is -2.86. The summed E-state index contributed by atoms with van der Waals surface area (Å²) in [5, 5.41) is 20.4. The van der Waals surface area contributed by atoms with Crippen molar-refractivity contribution in [3.8, 4) is 17.9 Å². The van der Waals surface area contributed by atoms with Gasteiger partial charge in [0.25, 0.3) is 0 Å². The van der Waals surface area contributed by atoms with Gasteiger partial charge in [-0.2, -0.15) is 10.5 Å². The highest BCUT2D eigenvalue weighted by molar-refractivity contribution is 6.03. The smallest absolute Gasteiger partial charge is 0.244 e. The highest BCUT2D eigenvalue weighted by Crippen LogP contribution is 2.36. The number of imide groups is 1. The minimum Gasteiger partial charge on any atom is -0.497 e. The fourth-order valence-electron chi connectivity index (χ4n) is 2.31. The van der Waals surface area contributed by atoms with Gasteiger partial charge in [0, 0.05) is 5.92 Å². The first-order valence-electron chi connectivity index (χ1n) is 5.90. The van der Waals surface area contributed by atoms with Crippen LogP contribution in [0, 0.1) is 34.5 Å². The van der Waals surface area contributed by atoms with Crippen LogP contribution in [0.25, 0.3) is 0 Å². The van der Waals surface area contributed by atoms with Crippen molar-refractivity contribution in [2.24, 2.45) is 11.8 Å². The summed E-state index contributed by atoms with van der Waals surface area (Å²) in [4.78, 5) is 23.5. The maximum atomic E-state index is 11.7. The van der Waals surface area contributed by atoms with E-state index in [9.17, 15) is 9.59 Å². The quantitative estimate of drug-likeness (QED) is 0.796. The first-order chi connectivity index (χ1) is 9.62. The lowest BCUT2D eigenvalue weighted by Gasteiger charge is -2.29. The Balaban J connectivity index is 2.52. The third-order valence-electron chi connectivity index (χ3n) is 3.29. The van der Waals surface area contributed by atoms with Crippen LogP contribution in [0.4, 0.5) is 0 Å². The van der Waals surface area contributed by atoms with E-state index in [0.717, 1.165) is 0 Å². The van der Waals surface area contributed by atoms with Crippen LogP contribution in [0.2, 0.25) is 0 Å². The molecule has 2 atom stereocenters. The molecule has 20 heavy (non-hydrogen) atoms. The van der Waals surface area contributed by atoms with Crippen LogP contribution in [0.3, 0.4) is 0 Å². The van der Waals surface area contributed by atoms with E-state index in [1.165, 1.54) is 7.11 Å². The fourth-order valence-corrected chi connectivity index (χ4v) is 2.31. The number of carbonyl (C=O) groups is 2. The first kappa shape index (κ1) is 13.6. The Morgan fingerprint density at radius 1 is 1.15 bits per heavy atom. The molecule has 1 aromatic carbocycles. The maximum Gasteiger partial charge on any atom is 0.244 e. The van der Waals surface area contributed by atoms with Crippen molar-refractivity contribution >= 4 is 11.8 Å². The molecule has 0 aromatic heterocycles. The molecule has 1 saturated heterocycles. The van der Waals surface area contributed by atoms with Gasteiger partial charge in [0.05, 0.1) is 19.2 Å². The molecule has 1 aromatic rings. The topological polar surface area (TPSA) is 103 Å². The van der Waals surface area contributed by atoms with Crippen LogP contribution in [0.1, 0.15) is 11.5 Å². The van der Waals surface area contributed by atoms with E-state index in [2.05, 4.69) is 5.32 Å². The molecule has 6 heteroatoms. The average molecular weight is 269 g/mol. The van der Waals surface area contributed by atoms with E-state index in [1.807, 2.05) is 12.1 Å². The van der Waals surface area contributed by atoms with Crippen molar-refractivity contribution in [3.05, 3.63) is 29.8 Å². The van der Waals surface area contributed by atoms with E-state index < -0.39 is 29.6 Å². The van der Waals surface area contributed by atoms with Crippen LogP contribution < -0.4 is 10.1 Å². The number of nitrogens with zero attached hydrogens (tertiary/aromatic N) is 2. The molecule has 0 bridgehead atoms. The molecule has 0 saturated carbocycles. The van der Waals surface area contributed by atoms with E-state index in [0.29, 0.717) is 11.3 Å². The largest absolute Gasteiger partial charge is 0.497 e. The summed E-state index contributed by atoms with van der Waals surface area (Å²) in [5.74, 6) is -3.75. The van der Waals surface area contributed by atoms with Crippen LogP contribution in [-0.4, -0.2) is 18.9 Å². The zero-order valence-corrected chi connectivity index (χ0v) is 10.7. The summed E-state index contributed by atoms with van der Waals surface area (Å²) in [6.45, 7) is 0. The van der Waals surface area contributed by atoms with Crippen LogP contribution in [0.5, 0.6) is 5.75 Å². The zero-order chi connectivity index (χ0) is 14.7. The van der Waals surface area contributed by atoms with Crippen molar-refractivity contribution in [1.82, 2.24) is 5.32 Å². The van der Waals surface area contributed by atoms with Crippen molar-refractivity contribution in [2.75, 3.05) is 7.11 Å². The molecular formula is C14H11N3O3. The third-order valence-corrected chi connectivity index (χ3v) is 3.29. The van der Waals surface area contributed by atoms with Gasteiger partial charge in [-0.25, -0.2) is 0 Å². The highest BCUT2D eigenvalue weighted by atomic mass is 16.5. The lowest BCUT2D eigenvalue weighted by molar-refractivity contribution is -0.137. The second kappa shape index (κ2) is 5.41. The minimum atomic E-state index is -1.08. The van der Waals surface area contributed by atoms with Gasteiger partial charge in [-0.3, -0.25) is 14.9 Å². The monoisotopic (exact) mass is 269 g/mol. The standard InChI is InChI=1S/C14H11N3O3/c1-20-9-4-2-3-8(5-9)12-10(6-15)13(18)17-14(19)11(12)7-16/h2-5,10-12H,1H3,(H,17,18,19)/t10-,11-/m0/s1. The van der Waals surface area contributed by atoms with E-state index >= 15 is 0 Å². The Morgan fingerprint density at radius 3 is 2.25 bits per heavy atom. The van der Waals surface area contributed by atoms with E-state index in [-0.39, 0.29) is 0 Å². The molecule has 2 amide bonds. The van der Waals surface area contributed by atoms with Gasteiger partial charge < -0.3 is 4.74 Å². The number of carbonyl (C=O) groups excluding carboxylic acids is 2. The Bertz CT molecular complexity index is 610. The summed E-state index contributed by atoms with van der Waals surface area (Å²) in [7, 11) is 1.49. The third kappa shape index (κ3) is 2.19. The molecule has 1 aliphatic rings. The number of rotatable bonds is 2. The van der Waals surface area contributed by atoms with Gasteiger partial charge in [-0.15, -0.1) is 0 Å². The molecule has 1 N–H and O–H groups in total. The number of hydrogen-bond donors (Lipinski definition) is 1. The summed E-state index contributed by atoms with van der Waals surface area (Å²) in [6, 6.07) is 10.4. The summed E-state index contributed by atoms with van der Waals surface area (Å²) >= 11 is 0. The lowest BCUT2D eigenvalue weighted by atomic mass is 9.74. The average Bonchev–Trinajstić information content (AvgIpc) is 2.46. The molecule has 0 aliphatic carbocycles. The minimum absolute atomic E-state index is 0.536. The molecular weight excluding hydrogens is 258 g/mol. The second-order valence-corrected chi connectivity index (χ2v) is 4.37. The SMILES string of the molecule is COc1cccc(C2[C@H](C#N)C(=O)NC(=O)[C@H]2C#N)c1. The van der Waals surface area contributed by atoms with Crippen LogP contribution >= 0.6 is 0 Å². The molecule has 100 valence electrons. The Kier molecular flexibility index (Phi) is 3.67. The molecule has 1 aliphatic heterocycles. The molecule has 1 fully saturated rings. The van der Waals surface area contributed by atoms with Crippen molar-refractivity contribution in [1.29, 1.82) is 10.5 Å². The maximum absolute atomic E-state index is 11.7. The number of hydrogen-bond acceptors (Lipinski definition) is 5. The Morgan fingerprint density at radius 2 is 1.75 bits per heavy atom. The molecule has 6 nitrogen and oxygen atoms in total. The molecule has 0 spiro atoms. The van der Waals surface area contributed by atoms with Gasteiger partial charge in [0.15, 0.2) is 0 Å². The number of nitrogens with one attached hydrogen (secondary N) is 1. The number of methoxy groups -OCH3 is 1. The number of piperidine rings is 1. The second-order valence-electron chi connectivity index (χ2n) is 4.37. The van der Waals surface area contributed by atoms with Crippen molar-refractivity contribution in [2.45, 2.75) is 5.92 Å². The summed E-state index contributed by atoms with van der Waals surface area (Å²) in [5.41, 5.74) is 0.561. The summed E-state index contributed by atoms with van der Waals surface area (Å²) in [6.07, 6.45) is 0. The fraction of sp³-hybridized carbons (Fsp3) is 0.286. The first-order valence-corrected chi connectivity index (χ1v) is 5.90. The van der Waals surface area contributed by atoms with Crippen molar-refractivity contribution < 1.29 is 14.3 Å². The predicted octanol–water partition coefficient (Wildman–Crippen LogP) is 0.715. The number of ether oxygens (including phenoxy) is 1. The Labute approximate surface area is 115 Å². The zero-order valence-electron chi connectivity index (χ0n) is 10.7. The van der Waals surface area contributed by atoms with Gasteiger partial charge >= 0.3 is 0 Å². The summed E-state index contributed by atoms with van der Waals surface area (Å²) < 4.78 is 5.09. The predicted molar refractivity (Wildman–Crippen MR) is 67.1 cm³/mol. The van der Waals surface area contributed by atoms with Crippen LogP contribution in [0.15, 0.2) is 24.3 Å². The van der Waals surface area contributed by atoms with Gasteiger partial charge in [0.2, 0.25) is 11.8 Å². The lowest BCUT2D eigenvalue weighted by Crippen LogP contribution is -2.49. The van der Waals surface area contributed by atoms with Crippen molar-refractivity contribution in [3.63, 3.8) is 0 Å².